The van der Waals surface area contributed by atoms with E-state index < -0.39 is 30.0 Å². The van der Waals surface area contributed by atoms with Crippen LogP contribution >= 0.6 is 46.1 Å². The first kappa shape index (κ1) is 26.6. The molecule has 0 saturated heterocycles. The molecule has 1 unspecified atom stereocenters. The lowest BCUT2D eigenvalue weighted by Gasteiger charge is -2.29. The van der Waals surface area contributed by atoms with Crippen LogP contribution in [0.2, 0.25) is 15.1 Å². The summed E-state index contributed by atoms with van der Waals surface area (Å²) in [6.07, 6.45) is 1.47. The van der Waals surface area contributed by atoms with Crippen LogP contribution in [0.4, 0.5) is 13.2 Å². The number of hydrogen-bond donors (Lipinski definition) is 2. The Morgan fingerprint density at radius 1 is 1.17 bits per heavy atom. The molecule has 1 atom stereocenters. The molecule has 0 bridgehead atoms. The molecule has 4 rings (SSSR count). The van der Waals surface area contributed by atoms with Crippen molar-refractivity contribution in [2.45, 2.75) is 37.5 Å². The minimum atomic E-state index is -4.87. The van der Waals surface area contributed by atoms with Gasteiger partial charge in [-0.15, -0.1) is 17.8 Å². The van der Waals surface area contributed by atoms with Gasteiger partial charge in [0.25, 0.3) is 11.5 Å². The molecule has 2 heterocycles. The Morgan fingerprint density at radius 2 is 1.83 bits per heavy atom. The average molecular weight is 579 g/mol. The zero-order valence-corrected chi connectivity index (χ0v) is 21.4. The van der Waals surface area contributed by atoms with Gasteiger partial charge in [-0.1, -0.05) is 45.9 Å². The maximum Gasteiger partial charge on any atom is 0.435 e. The third-order valence-electron chi connectivity index (χ3n) is 5.87. The fourth-order valence-electron chi connectivity index (χ4n) is 4.15. The van der Waals surface area contributed by atoms with Crippen LogP contribution in [0.5, 0.6) is 0 Å². The number of amides is 2. The van der Waals surface area contributed by atoms with Crippen molar-refractivity contribution < 1.29 is 27.6 Å². The normalized spacial score (nSPS) is 18.8. The van der Waals surface area contributed by atoms with Gasteiger partial charge in [0.2, 0.25) is 5.91 Å². The SMILES string of the molecule is C#CCNC(=O)CNC(=O)c1sc(C2=NOC(c3cc(Cl)c(Cl)c(Cl)c3)(C(F)(F)F)C2)c2c1CCC2. The molecule has 2 N–H and O–H groups in total. The van der Waals surface area contributed by atoms with Crippen LogP contribution in [0, 0.1) is 12.3 Å². The summed E-state index contributed by atoms with van der Waals surface area (Å²) >= 11 is 18.9. The van der Waals surface area contributed by atoms with Crippen molar-refractivity contribution in [2.75, 3.05) is 13.1 Å². The summed E-state index contributed by atoms with van der Waals surface area (Å²) in [7, 11) is 0. The van der Waals surface area contributed by atoms with Crippen LogP contribution in [0.25, 0.3) is 0 Å². The molecule has 2 aromatic rings. The number of nitrogens with one attached hydrogen (secondary N) is 2. The molecule has 0 saturated carbocycles. The van der Waals surface area contributed by atoms with Crippen molar-refractivity contribution in [2.24, 2.45) is 5.16 Å². The van der Waals surface area contributed by atoms with Crippen molar-refractivity contribution >= 4 is 63.7 Å². The summed E-state index contributed by atoms with van der Waals surface area (Å²) in [5.41, 5.74) is -1.61. The standard InChI is InChI=1S/C23H17Cl3F3N3O3S/c1-2-6-30-17(33)10-31-21(34)20-13-5-3-4-12(13)19(36-20)16-9-22(35-32-16,23(27,28)29)11-7-14(24)18(26)15(25)8-11/h1,7-8H,3-6,9-10H2,(H,30,33)(H,31,34). The Balaban J connectivity index is 1.64. The van der Waals surface area contributed by atoms with Gasteiger partial charge in [0.15, 0.2) is 0 Å². The highest BCUT2D eigenvalue weighted by Gasteiger charge is 2.63. The minimum Gasteiger partial charge on any atom is -0.374 e. The second-order valence-electron chi connectivity index (χ2n) is 8.12. The third-order valence-corrected chi connectivity index (χ3v) is 8.39. The molecule has 0 fully saturated rings. The maximum atomic E-state index is 14.4. The number of carbonyl (C=O) groups excluding carboxylic acids is 2. The molecule has 36 heavy (non-hydrogen) atoms. The van der Waals surface area contributed by atoms with Gasteiger partial charge in [-0.2, -0.15) is 13.2 Å². The summed E-state index contributed by atoms with van der Waals surface area (Å²) in [6.45, 7) is -0.264. The largest absolute Gasteiger partial charge is 0.435 e. The van der Waals surface area contributed by atoms with Crippen LogP contribution < -0.4 is 10.6 Å². The molecule has 1 aromatic carbocycles. The summed E-state index contributed by atoms with van der Waals surface area (Å²) in [5, 5.41) is 8.40. The van der Waals surface area contributed by atoms with E-state index in [2.05, 4.69) is 21.7 Å². The fourth-order valence-corrected chi connectivity index (χ4v) is 6.04. The Hall–Kier alpha value is -2.45. The predicted molar refractivity (Wildman–Crippen MR) is 132 cm³/mol. The van der Waals surface area contributed by atoms with E-state index in [1.165, 1.54) is 0 Å². The number of halogens is 6. The number of fused-ring (bicyclic) bond motifs is 1. The van der Waals surface area contributed by atoms with Gasteiger partial charge in [-0.25, -0.2) is 0 Å². The molecular formula is C23H17Cl3F3N3O3S. The highest BCUT2D eigenvalue weighted by atomic mass is 35.5. The molecule has 190 valence electrons. The Bertz CT molecular complexity index is 1300. The lowest BCUT2D eigenvalue weighted by atomic mass is 9.87. The summed E-state index contributed by atoms with van der Waals surface area (Å²) in [4.78, 5) is 30.4. The summed E-state index contributed by atoms with van der Waals surface area (Å²) < 4.78 is 43.2. The van der Waals surface area contributed by atoms with Gasteiger partial charge >= 0.3 is 6.18 Å². The number of thiophene rings is 1. The van der Waals surface area contributed by atoms with Gasteiger partial charge in [0.05, 0.1) is 44.3 Å². The highest BCUT2D eigenvalue weighted by molar-refractivity contribution is 7.16. The number of nitrogens with zero attached hydrogens (tertiary/aromatic N) is 1. The van der Waals surface area contributed by atoms with Crippen LogP contribution in [-0.2, 0) is 28.1 Å². The quantitative estimate of drug-likeness (QED) is 0.363. The highest BCUT2D eigenvalue weighted by Crippen LogP contribution is 2.51. The number of benzene rings is 1. The van der Waals surface area contributed by atoms with Gasteiger partial charge in [-0.05, 0) is 42.5 Å². The molecule has 2 amide bonds. The van der Waals surface area contributed by atoms with Crippen LogP contribution in [-0.4, -0.2) is 36.8 Å². The summed E-state index contributed by atoms with van der Waals surface area (Å²) in [6, 6.07) is 2.12. The van der Waals surface area contributed by atoms with Crippen LogP contribution in [0.1, 0.15) is 44.1 Å². The topological polar surface area (TPSA) is 79.8 Å². The van der Waals surface area contributed by atoms with E-state index >= 15 is 0 Å². The van der Waals surface area contributed by atoms with Crippen molar-refractivity contribution in [1.29, 1.82) is 0 Å². The van der Waals surface area contributed by atoms with E-state index in [0.29, 0.717) is 22.6 Å². The van der Waals surface area contributed by atoms with Gasteiger partial charge in [0.1, 0.15) is 5.71 Å². The lowest BCUT2D eigenvalue weighted by molar-refractivity contribution is -0.275. The van der Waals surface area contributed by atoms with E-state index in [9.17, 15) is 22.8 Å². The second-order valence-corrected chi connectivity index (χ2v) is 10.3. The molecule has 0 spiro atoms. The summed E-state index contributed by atoms with van der Waals surface area (Å²) in [5.74, 6) is 1.29. The van der Waals surface area contributed by atoms with E-state index in [1.807, 2.05) is 0 Å². The molecule has 1 aromatic heterocycles. The predicted octanol–water partition coefficient (Wildman–Crippen LogP) is 5.26. The van der Waals surface area contributed by atoms with Gasteiger partial charge < -0.3 is 15.5 Å². The molecular weight excluding hydrogens is 562 g/mol. The van der Waals surface area contributed by atoms with Crippen molar-refractivity contribution in [1.82, 2.24) is 10.6 Å². The van der Waals surface area contributed by atoms with E-state index in [0.717, 1.165) is 41.0 Å². The third kappa shape index (κ3) is 4.77. The molecule has 6 nitrogen and oxygen atoms in total. The zero-order valence-electron chi connectivity index (χ0n) is 18.3. The Morgan fingerprint density at radius 3 is 2.47 bits per heavy atom. The minimum absolute atomic E-state index is 0.0259. The fraction of sp³-hybridized carbons (Fsp3) is 0.348. The number of alkyl halides is 3. The Kier molecular flexibility index (Phi) is 7.49. The molecule has 2 aliphatic rings. The molecule has 1 aliphatic carbocycles. The molecule has 13 heteroatoms. The number of hydrogen-bond acceptors (Lipinski definition) is 5. The van der Waals surface area contributed by atoms with Crippen molar-refractivity contribution in [3.8, 4) is 12.3 Å². The number of oxime groups is 1. The number of terminal acetylenes is 1. The first-order valence-electron chi connectivity index (χ1n) is 10.6. The molecule has 0 radical (unpaired) electrons. The monoisotopic (exact) mass is 577 g/mol. The zero-order chi connectivity index (χ0) is 26.3. The van der Waals surface area contributed by atoms with Crippen molar-refractivity contribution in [3.05, 3.63) is 53.6 Å². The van der Waals surface area contributed by atoms with Crippen LogP contribution in [0.3, 0.4) is 0 Å². The van der Waals surface area contributed by atoms with Crippen LogP contribution in [0.15, 0.2) is 17.3 Å². The second kappa shape index (κ2) is 10.1. The maximum absolute atomic E-state index is 14.4. The average Bonchev–Trinajstić information content (AvgIpc) is 3.54. The first-order valence-corrected chi connectivity index (χ1v) is 12.5. The molecule has 1 aliphatic heterocycles. The van der Waals surface area contributed by atoms with Gasteiger partial charge in [-0.3, -0.25) is 9.59 Å². The van der Waals surface area contributed by atoms with E-state index in [4.69, 9.17) is 46.1 Å². The van der Waals surface area contributed by atoms with Gasteiger partial charge in [0, 0.05) is 5.56 Å². The smallest absolute Gasteiger partial charge is 0.374 e. The lowest BCUT2D eigenvalue weighted by Crippen LogP contribution is -2.42. The number of rotatable bonds is 6. The van der Waals surface area contributed by atoms with E-state index in [-0.39, 0.29) is 39.4 Å². The van der Waals surface area contributed by atoms with Crippen molar-refractivity contribution in [3.63, 3.8) is 0 Å². The Labute approximate surface area is 223 Å². The number of carbonyl (C=O) groups is 2. The first-order chi connectivity index (χ1) is 17.0. The van der Waals surface area contributed by atoms with E-state index in [1.54, 1.807) is 0 Å².